The first-order valence-corrected chi connectivity index (χ1v) is 7.36. The second-order valence-electron chi connectivity index (χ2n) is 5.68. The number of nitrogens with zero attached hydrogens (tertiary/aromatic N) is 2. The van der Waals surface area contributed by atoms with Gasteiger partial charge in [-0.15, -0.1) is 0 Å². The van der Waals surface area contributed by atoms with Gasteiger partial charge < -0.3 is 10.6 Å². The zero-order chi connectivity index (χ0) is 12.5. The minimum Gasteiger partial charge on any atom is -0.378 e. The lowest BCUT2D eigenvalue weighted by Crippen LogP contribution is -2.40. The number of anilines is 2. The largest absolute Gasteiger partial charge is 0.378 e. The zero-order valence-electron chi connectivity index (χ0n) is 11.5. The lowest BCUT2D eigenvalue weighted by Gasteiger charge is -2.35. The quantitative estimate of drug-likeness (QED) is 0.845. The van der Waals surface area contributed by atoms with Gasteiger partial charge in [-0.25, -0.2) is 0 Å². The van der Waals surface area contributed by atoms with E-state index >= 15 is 0 Å². The molecule has 0 spiro atoms. The molecule has 4 heteroatoms. The van der Waals surface area contributed by atoms with Crippen molar-refractivity contribution in [2.24, 2.45) is 13.0 Å². The molecule has 100 valence electrons. The van der Waals surface area contributed by atoms with Gasteiger partial charge in [0.1, 0.15) is 11.5 Å². The molecular weight excluding hydrogens is 224 g/mol. The Labute approximate surface area is 109 Å². The lowest BCUT2D eigenvalue weighted by molar-refractivity contribution is 0.321. The molecule has 0 bridgehead atoms. The van der Waals surface area contributed by atoms with Crippen molar-refractivity contribution < 1.29 is 0 Å². The number of nitrogens with one attached hydrogen (secondary N) is 2. The SMILES string of the molecule is CCc1nn(C)c2c1NCC(C1CCCCC1)N2. The number of aryl methyl sites for hydroxylation is 2. The van der Waals surface area contributed by atoms with E-state index < -0.39 is 0 Å². The number of rotatable bonds is 2. The number of hydrogen-bond acceptors (Lipinski definition) is 3. The highest BCUT2D eigenvalue weighted by Crippen LogP contribution is 2.35. The second-order valence-corrected chi connectivity index (χ2v) is 5.68. The van der Waals surface area contributed by atoms with Crippen molar-refractivity contribution in [1.29, 1.82) is 0 Å². The number of hydrogen-bond donors (Lipinski definition) is 2. The molecule has 1 fully saturated rings. The highest BCUT2D eigenvalue weighted by molar-refractivity contribution is 5.70. The van der Waals surface area contributed by atoms with Gasteiger partial charge in [-0.2, -0.15) is 5.10 Å². The van der Waals surface area contributed by atoms with Crippen LogP contribution < -0.4 is 10.6 Å². The summed E-state index contributed by atoms with van der Waals surface area (Å²) in [6.07, 6.45) is 7.99. The molecular formula is C14H24N4. The van der Waals surface area contributed by atoms with Gasteiger partial charge in [-0.05, 0) is 25.2 Å². The molecule has 1 unspecified atom stereocenters. The van der Waals surface area contributed by atoms with E-state index in [1.807, 2.05) is 11.7 Å². The number of fused-ring (bicyclic) bond motifs is 1. The van der Waals surface area contributed by atoms with Crippen LogP contribution in [0, 0.1) is 5.92 Å². The summed E-state index contributed by atoms with van der Waals surface area (Å²) in [7, 11) is 2.04. The smallest absolute Gasteiger partial charge is 0.148 e. The van der Waals surface area contributed by atoms with Crippen molar-refractivity contribution >= 4 is 11.5 Å². The van der Waals surface area contributed by atoms with Crippen LogP contribution in [0.2, 0.25) is 0 Å². The summed E-state index contributed by atoms with van der Waals surface area (Å²) in [4.78, 5) is 0. The highest BCUT2D eigenvalue weighted by Gasteiger charge is 2.29. The molecule has 1 saturated carbocycles. The first kappa shape index (κ1) is 11.9. The van der Waals surface area contributed by atoms with Crippen molar-refractivity contribution in [3.05, 3.63) is 5.69 Å². The summed E-state index contributed by atoms with van der Waals surface area (Å²) in [5, 5.41) is 11.9. The van der Waals surface area contributed by atoms with Gasteiger partial charge in [0.25, 0.3) is 0 Å². The van der Waals surface area contributed by atoms with Crippen LogP contribution in [0.4, 0.5) is 11.5 Å². The van der Waals surface area contributed by atoms with Crippen LogP contribution in [0.1, 0.15) is 44.7 Å². The Kier molecular flexibility index (Phi) is 3.18. The lowest BCUT2D eigenvalue weighted by atomic mass is 9.83. The Morgan fingerprint density at radius 3 is 2.78 bits per heavy atom. The molecule has 2 heterocycles. The van der Waals surface area contributed by atoms with Gasteiger partial charge >= 0.3 is 0 Å². The van der Waals surface area contributed by atoms with E-state index in [2.05, 4.69) is 22.7 Å². The van der Waals surface area contributed by atoms with E-state index in [1.54, 1.807) is 0 Å². The van der Waals surface area contributed by atoms with Gasteiger partial charge in [-0.1, -0.05) is 26.2 Å². The van der Waals surface area contributed by atoms with Crippen molar-refractivity contribution in [2.45, 2.75) is 51.5 Å². The maximum absolute atomic E-state index is 4.58. The third-order valence-electron chi connectivity index (χ3n) is 4.49. The fraction of sp³-hybridized carbons (Fsp3) is 0.786. The molecule has 4 nitrogen and oxygen atoms in total. The Bertz CT molecular complexity index is 418. The summed E-state index contributed by atoms with van der Waals surface area (Å²) in [6.45, 7) is 3.22. The predicted octanol–water partition coefficient (Wildman–Crippen LogP) is 2.77. The molecule has 1 aliphatic heterocycles. The molecule has 1 aromatic heterocycles. The summed E-state index contributed by atoms with van der Waals surface area (Å²) in [6, 6.07) is 0.581. The first-order valence-electron chi connectivity index (χ1n) is 7.36. The van der Waals surface area contributed by atoms with Crippen LogP contribution in [0.5, 0.6) is 0 Å². The minimum absolute atomic E-state index is 0.581. The van der Waals surface area contributed by atoms with E-state index in [9.17, 15) is 0 Å². The minimum atomic E-state index is 0.581. The van der Waals surface area contributed by atoms with Gasteiger partial charge in [0, 0.05) is 19.6 Å². The van der Waals surface area contributed by atoms with Gasteiger partial charge in [0.2, 0.25) is 0 Å². The van der Waals surface area contributed by atoms with Crippen LogP contribution >= 0.6 is 0 Å². The van der Waals surface area contributed by atoms with Crippen molar-refractivity contribution in [3.63, 3.8) is 0 Å². The Morgan fingerprint density at radius 1 is 1.28 bits per heavy atom. The Hall–Kier alpha value is -1.19. The zero-order valence-corrected chi connectivity index (χ0v) is 11.5. The normalized spacial score (nSPS) is 24.2. The van der Waals surface area contributed by atoms with E-state index in [0.717, 1.165) is 18.9 Å². The molecule has 2 aliphatic rings. The number of aromatic nitrogens is 2. The third-order valence-corrected chi connectivity index (χ3v) is 4.49. The molecule has 18 heavy (non-hydrogen) atoms. The fourth-order valence-corrected chi connectivity index (χ4v) is 3.44. The Morgan fingerprint density at radius 2 is 2.06 bits per heavy atom. The van der Waals surface area contributed by atoms with Crippen LogP contribution in [-0.2, 0) is 13.5 Å². The topological polar surface area (TPSA) is 41.9 Å². The average Bonchev–Trinajstić information content (AvgIpc) is 2.76. The maximum Gasteiger partial charge on any atom is 0.148 e. The van der Waals surface area contributed by atoms with Gasteiger partial charge in [0.15, 0.2) is 0 Å². The average molecular weight is 248 g/mol. The maximum atomic E-state index is 4.58. The molecule has 1 aliphatic carbocycles. The molecule has 0 aromatic carbocycles. The van der Waals surface area contributed by atoms with Gasteiger partial charge in [-0.3, -0.25) is 4.68 Å². The standard InChI is InChI=1S/C14H24N4/c1-3-11-13-14(18(2)17-11)16-12(9-15-13)10-7-5-4-6-8-10/h10,12,15-16H,3-9H2,1-2H3. The van der Waals surface area contributed by atoms with E-state index in [1.165, 1.54) is 49.3 Å². The molecule has 2 N–H and O–H groups in total. The first-order chi connectivity index (χ1) is 8.79. The predicted molar refractivity (Wildman–Crippen MR) is 75.1 cm³/mol. The van der Waals surface area contributed by atoms with E-state index in [4.69, 9.17) is 0 Å². The van der Waals surface area contributed by atoms with Gasteiger partial charge in [0.05, 0.1) is 5.69 Å². The highest BCUT2D eigenvalue weighted by atomic mass is 15.4. The van der Waals surface area contributed by atoms with Crippen LogP contribution in [0.3, 0.4) is 0 Å². The monoisotopic (exact) mass is 248 g/mol. The van der Waals surface area contributed by atoms with E-state index in [-0.39, 0.29) is 0 Å². The summed E-state index contributed by atoms with van der Waals surface area (Å²) < 4.78 is 2.00. The molecule has 3 rings (SSSR count). The fourth-order valence-electron chi connectivity index (χ4n) is 3.44. The summed E-state index contributed by atoms with van der Waals surface area (Å²) in [5.74, 6) is 2.02. The van der Waals surface area contributed by atoms with Crippen LogP contribution in [-0.4, -0.2) is 22.4 Å². The summed E-state index contributed by atoms with van der Waals surface area (Å²) >= 11 is 0. The third kappa shape index (κ3) is 1.98. The molecule has 0 radical (unpaired) electrons. The summed E-state index contributed by atoms with van der Waals surface area (Å²) in [5.41, 5.74) is 2.41. The van der Waals surface area contributed by atoms with Crippen LogP contribution in [0.15, 0.2) is 0 Å². The van der Waals surface area contributed by atoms with Crippen LogP contribution in [0.25, 0.3) is 0 Å². The van der Waals surface area contributed by atoms with Crippen molar-refractivity contribution in [3.8, 4) is 0 Å². The molecule has 0 amide bonds. The van der Waals surface area contributed by atoms with Crippen molar-refractivity contribution in [1.82, 2.24) is 9.78 Å². The molecule has 1 aromatic rings. The van der Waals surface area contributed by atoms with E-state index in [0.29, 0.717) is 6.04 Å². The second kappa shape index (κ2) is 4.82. The van der Waals surface area contributed by atoms with Crippen molar-refractivity contribution in [2.75, 3.05) is 17.2 Å². The molecule has 0 saturated heterocycles. The molecule has 1 atom stereocenters. The Balaban J connectivity index is 1.78.